The molecule has 0 unspecified atom stereocenters. The molecule has 0 saturated heterocycles. The molecule has 1 N–H and O–H groups in total. The maximum absolute atomic E-state index is 12.7. The van der Waals surface area contributed by atoms with Crippen molar-refractivity contribution >= 4 is 26.5 Å². The molecule has 30 heavy (non-hydrogen) atoms. The van der Waals surface area contributed by atoms with E-state index in [1.807, 2.05) is 66.2 Å². The summed E-state index contributed by atoms with van der Waals surface area (Å²) < 4.78 is 35.4. The first-order valence-electron chi connectivity index (χ1n) is 9.61. The van der Waals surface area contributed by atoms with E-state index in [0.29, 0.717) is 17.9 Å². The summed E-state index contributed by atoms with van der Waals surface area (Å²) in [5.41, 5.74) is 3.15. The molecule has 0 aliphatic rings. The fourth-order valence-electron chi connectivity index (χ4n) is 3.49. The Kier molecular flexibility index (Phi) is 5.46. The van der Waals surface area contributed by atoms with Crippen molar-refractivity contribution in [3.8, 4) is 11.4 Å². The lowest BCUT2D eigenvalue weighted by atomic mass is 10.0. The summed E-state index contributed by atoms with van der Waals surface area (Å²) in [5.74, 6) is 0.549. The van der Waals surface area contributed by atoms with Gasteiger partial charge >= 0.3 is 0 Å². The van der Waals surface area contributed by atoms with Gasteiger partial charge in [0.25, 0.3) is 0 Å². The average Bonchev–Trinajstić information content (AvgIpc) is 3.18. The van der Waals surface area contributed by atoms with Crippen LogP contribution in [0, 0.1) is 6.92 Å². The van der Waals surface area contributed by atoms with Crippen LogP contribution in [0.3, 0.4) is 0 Å². The first kappa shape index (κ1) is 20.0. The Morgan fingerprint density at radius 3 is 2.63 bits per heavy atom. The lowest BCUT2D eigenvalue weighted by molar-refractivity contribution is 0.413. The number of benzene rings is 3. The average molecular weight is 422 g/mol. The highest BCUT2D eigenvalue weighted by Crippen LogP contribution is 2.27. The quantitative estimate of drug-likeness (QED) is 0.482. The lowest BCUT2D eigenvalue weighted by Crippen LogP contribution is -2.18. The largest absolute Gasteiger partial charge is 0.494 e. The third kappa shape index (κ3) is 4.31. The molecule has 1 aromatic heterocycles. The molecule has 0 atom stereocenters. The van der Waals surface area contributed by atoms with Gasteiger partial charge in [0.05, 0.1) is 36.3 Å². The molecule has 1 heterocycles. The van der Waals surface area contributed by atoms with Gasteiger partial charge in [0.15, 0.2) is 0 Å². The number of anilines is 1. The fourth-order valence-corrected chi connectivity index (χ4v) is 4.57. The van der Waals surface area contributed by atoms with Gasteiger partial charge in [-0.2, -0.15) is 0 Å². The van der Waals surface area contributed by atoms with Gasteiger partial charge < -0.3 is 9.30 Å². The van der Waals surface area contributed by atoms with E-state index < -0.39 is 10.0 Å². The second kappa shape index (κ2) is 8.20. The number of sulfonamides is 1. The van der Waals surface area contributed by atoms with E-state index in [9.17, 15) is 8.42 Å². The number of hydrogen-bond acceptors (Lipinski definition) is 4. The second-order valence-corrected chi connectivity index (χ2v) is 8.96. The monoisotopic (exact) mass is 421 g/mol. The molecule has 0 aliphatic carbocycles. The van der Waals surface area contributed by atoms with Crippen molar-refractivity contribution in [2.45, 2.75) is 13.3 Å². The van der Waals surface area contributed by atoms with Crippen LogP contribution in [0.25, 0.3) is 16.5 Å². The van der Waals surface area contributed by atoms with E-state index in [1.165, 1.54) is 0 Å². The van der Waals surface area contributed by atoms with Crippen molar-refractivity contribution in [3.63, 3.8) is 0 Å². The Hall–Kier alpha value is -3.32. The summed E-state index contributed by atoms with van der Waals surface area (Å²) in [6.45, 7) is 1.90. The van der Waals surface area contributed by atoms with Crippen LogP contribution in [0.2, 0.25) is 0 Å². The normalized spacial score (nSPS) is 11.5. The number of aromatic nitrogens is 2. The summed E-state index contributed by atoms with van der Waals surface area (Å²) >= 11 is 0. The van der Waals surface area contributed by atoms with E-state index >= 15 is 0 Å². The molecular weight excluding hydrogens is 398 g/mol. The summed E-state index contributed by atoms with van der Waals surface area (Å²) in [6, 6.07) is 19.2. The number of nitrogens with zero attached hydrogens (tertiary/aromatic N) is 2. The SMILES string of the molecule is COc1cc(NS(=O)(=O)CCc2cccc3ccccc23)ccc1-n1cnc(C)c1. The number of methoxy groups -OCH3 is 1. The minimum absolute atomic E-state index is 0.00815. The zero-order valence-corrected chi connectivity index (χ0v) is 17.7. The van der Waals surface area contributed by atoms with E-state index in [2.05, 4.69) is 9.71 Å². The van der Waals surface area contributed by atoms with Crippen molar-refractivity contribution in [1.82, 2.24) is 9.55 Å². The maximum atomic E-state index is 12.7. The molecule has 154 valence electrons. The Labute approximate surface area is 176 Å². The van der Waals surface area contributed by atoms with Gasteiger partial charge in [0.2, 0.25) is 10.0 Å². The fraction of sp³-hybridized carbons (Fsp3) is 0.174. The van der Waals surface area contributed by atoms with E-state index in [-0.39, 0.29) is 5.75 Å². The maximum Gasteiger partial charge on any atom is 0.233 e. The Morgan fingerprint density at radius 2 is 1.87 bits per heavy atom. The van der Waals surface area contributed by atoms with Crippen molar-refractivity contribution in [1.29, 1.82) is 0 Å². The minimum Gasteiger partial charge on any atom is -0.494 e. The van der Waals surface area contributed by atoms with Gasteiger partial charge in [0.1, 0.15) is 5.75 Å². The zero-order chi connectivity index (χ0) is 21.1. The van der Waals surface area contributed by atoms with Crippen LogP contribution >= 0.6 is 0 Å². The molecule has 4 aromatic rings. The number of imidazole rings is 1. The molecular formula is C23H23N3O3S. The highest BCUT2D eigenvalue weighted by Gasteiger charge is 2.14. The predicted octanol–water partition coefficient (Wildman–Crippen LogP) is 4.33. The van der Waals surface area contributed by atoms with Gasteiger partial charge in [-0.1, -0.05) is 42.5 Å². The van der Waals surface area contributed by atoms with Crippen LogP contribution in [0.1, 0.15) is 11.3 Å². The Balaban J connectivity index is 1.51. The third-order valence-electron chi connectivity index (χ3n) is 4.96. The number of aryl methyl sites for hydroxylation is 2. The highest BCUT2D eigenvalue weighted by molar-refractivity contribution is 7.92. The van der Waals surface area contributed by atoms with Crippen LogP contribution in [0.5, 0.6) is 5.75 Å². The first-order chi connectivity index (χ1) is 14.4. The summed E-state index contributed by atoms with van der Waals surface area (Å²) in [4.78, 5) is 4.22. The van der Waals surface area contributed by atoms with E-state index in [0.717, 1.165) is 27.7 Å². The summed E-state index contributed by atoms with van der Waals surface area (Å²) in [6.07, 6.45) is 4.01. The van der Waals surface area contributed by atoms with Crippen LogP contribution in [0.4, 0.5) is 5.69 Å². The minimum atomic E-state index is -3.52. The first-order valence-corrected chi connectivity index (χ1v) is 11.3. The smallest absolute Gasteiger partial charge is 0.233 e. The van der Waals surface area contributed by atoms with Crippen LogP contribution in [0.15, 0.2) is 73.2 Å². The Bertz CT molecular complexity index is 1290. The van der Waals surface area contributed by atoms with Gasteiger partial charge in [-0.3, -0.25) is 4.72 Å². The Morgan fingerprint density at radius 1 is 1.07 bits per heavy atom. The number of hydrogen-bond donors (Lipinski definition) is 1. The van der Waals surface area contributed by atoms with Crippen molar-refractivity contribution in [2.24, 2.45) is 0 Å². The number of rotatable bonds is 7. The molecule has 4 rings (SSSR count). The predicted molar refractivity (Wildman–Crippen MR) is 120 cm³/mol. The molecule has 0 radical (unpaired) electrons. The van der Waals surface area contributed by atoms with Gasteiger partial charge in [-0.05, 0) is 41.8 Å². The van der Waals surface area contributed by atoms with E-state index in [4.69, 9.17) is 4.74 Å². The topological polar surface area (TPSA) is 73.2 Å². The summed E-state index contributed by atoms with van der Waals surface area (Å²) in [5, 5.41) is 2.19. The number of fused-ring (bicyclic) bond motifs is 1. The van der Waals surface area contributed by atoms with Crippen LogP contribution in [-0.4, -0.2) is 30.8 Å². The van der Waals surface area contributed by atoms with Crippen molar-refractivity contribution in [3.05, 3.63) is 84.4 Å². The molecule has 3 aromatic carbocycles. The molecule has 7 heteroatoms. The second-order valence-electron chi connectivity index (χ2n) is 7.12. The molecule has 0 aliphatic heterocycles. The molecule has 0 amide bonds. The summed E-state index contributed by atoms with van der Waals surface area (Å²) in [7, 11) is -1.97. The number of ether oxygens (including phenoxy) is 1. The van der Waals surface area contributed by atoms with Crippen LogP contribution in [-0.2, 0) is 16.4 Å². The molecule has 0 saturated carbocycles. The third-order valence-corrected chi connectivity index (χ3v) is 6.25. The van der Waals surface area contributed by atoms with Crippen LogP contribution < -0.4 is 9.46 Å². The molecule has 6 nitrogen and oxygen atoms in total. The highest BCUT2D eigenvalue weighted by atomic mass is 32.2. The molecule has 0 fully saturated rings. The standard InChI is InChI=1S/C23H23N3O3S/c1-17-15-26(16-24-17)22-11-10-20(14-23(22)29-2)25-30(27,28)13-12-19-8-5-7-18-6-3-4-9-21(18)19/h3-11,14-16,25H,12-13H2,1-2H3. The van der Waals surface area contributed by atoms with Crippen molar-refractivity contribution < 1.29 is 13.2 Å². The van der Waals surface area contributed by atoms with Gasteiger partial charge in [-0.15, -0.1) is 0 Å². The van der Waals surface area contributed by atoms with E-state index in [1.54, 1.807) is 25.6 Å². The van der Waals surface area contributed by atoms with Gasteiger partial charge in [-0.25, -0.2) is 13.4 Å². The lowest BCUT2D eigenvalue weighted by Gasteiger charge is -2.13. The zero-order valence-electron chi connectivity index (χ0n) is 16.9. The van der Waals surface area contributed by atoms with Gasteiger partial charge in [0, 0.05) is 12.3 Å². The van der Waals surface area contributed by atoms with Crippen molar-refractivity contribution in [2.75, 3.05) is 17.6 Å². The molecule has 0 bridgehead atoms. The molecule has 0 spiro atoms. The number of nitrogens with one attached hydrogen (secondary N) is 1.